The third-order valence-corrected chi connectivity index (χ3v) is 6.76. The fourth-order valence-corrected chi connectivity index (χ4v) is 5.04. The van der Waals surface area contributed by atoms with Crippen LogP contribution in [0.25, 0.3) is 0 Å². The number of nitrogens with zero attached hydrogens (tertiary/aromatic N) is 4. The van der Waals surface area contributed by atoms with E-state index in [-0.39, 0.29) is 35.6 Å². The van der Waals surface area contributed by atoms with Gasteiger partial charge in [-0.2, -0.15) is 13.5 Å². The number of hydrogen-bond acceptors (Lipinski definition) is 6. The molecule has 1 fully saturated rings. The zero-order valence-corrected chi connectivity index (χ0v) is 18.0. The number of amides is 1. The van der Waals surface area contributed by atoms with Crippen molar-refractivity contribution in [2.45, 2.75) is 49.5 Å². The SMILES string of the molecule is O=C(CCN(/N=C/c1ccncc1)C1=NS(=O)(=O)c2ccccc21)NC1CCCCC1. The molecule has 2 aliphatic rings. The smallest absolute Gasteiger partial charge is 0.285 e. The molecule has 0 bridgehead atoms. The lowest BCUT2D eigenvalue weighted by molar-refractivity contribution is -0.122. The summed E-state index contributed by atoms with van der Waals surface area (Å²) in [5.74, 6) is 0.164. The Morgan fingerprint density at radius 1 is 1.13 bits per heavy atom. The second-order valence-corrected chi connectivity index (χ2v) is 9.26. The summed E-state index contributed by atoms with van der Waals surface area (Å²) >= 11 is 0. The molecule has 2 heterocycles. The normalized spacial score (nSPS) is 17.9. The minimum atomic E-state index is -3.78. The van der Waals surface area contributed by atoms with Crippen LogP contribution in [-0.2, 0) is 14.8 Å². The Balaban J connectivity index is 1.54. The van der Waals surface area contributed by atoms with Gasteiger partial charge in [0.1, 0.15) is 4.90 Å². The van der Waals surface area contributed by atoms with E-state index < -0.39 is 10.0 Å². The van der Waals surface area contributed by atoms with Crippen LogP contribution in [0.3, 0.4) is 0 Å². The van der Waals surface area contributed by atoms with Gasteiger partial charge in [0.25, 0.3) is 10.0 Å². The highest BCUT2D eigenvalue weighted by atomic mass is 32.2. The van der Waals surface area contributed by atoms with Crippen molar-refractivity contribution in [3.8, 4) is 0 Å². The lowest BCUT2D eigenvalue weighted by Crippen LogP contribution is -2.38. The largest absolute Gasteiger partial charge is 0.353 e. The van der Waals surface area contributed by atoms with E-state index in [4.69, 9.17) is 0 Å². The lowest BCUT2D eigenvalue weighted by Gasteiger charge is -2.24. The molecule has 0 saturated heterocycles. The van der Waals surface area contributed by atoms with Gasteiger partial charge in [-0.1, -0.05) is 31.4 Å². The van der Waals surface area contributed by atoms with Crippen LogP contribution in [0.5, 0.6) is 0 Å². The monoisotopic (exact) mass is 439 g/mol. The zero-order valence-electron chi connectivity index (χ0n) is 17.1. The van der Waals surface area contributed by atoms with E-state index in [0.29, 0.717) is 5.56 Å². The molecule has 1 aromatic carbocycles. The fourth-order valence-electron chi connectivity index (χ4n) is 3.83. The molecule has 1 N–H and O–H groups in total. The highest BCUT2D eigenvalue weighted by Gasteiger charge is 2.32. The molecule has 31 heavy (non-hydrogen) atoms. The van der Waals surface area contributed by atoms with Gasteiger partial charge in [0.15, 0.2) is 5.84 Å². The fraction of sp³-hybridized carbons (Fsp3) is 0.364. The average molecular weight is 440 g/mol. The van der Waals surface area contributed by atoms with Crippen molar-refractivity contribution in [2.24, 2.45) is 9.50 Å². The van der Waals surface area contributed by atoms with E-state index in [1.54, 1.807) is 48.9 Å². The van der Waals surface area contributed by atoms with Crippen LogP contribution >= 0.6 is 0 Å². The average Bonchev–Trinajstić information content (AvgIpc) is 3.06. The summed E-state index contributed by atoms with van der Waals surface area (Å²) in [6.07, 6.45) is 10.6. The molecule has 4 rings (SSSR count). The second-order valence-electron chi connectivity index (χ2n) is 7.69. The summed E-state index contributed by atoms with van der Waals surface area (Å²) in [6.45, 7) is 0.211. The van der Waals surface area contributed by atoms with E-state index in [1.165, 1.54) is 17.5 Å². The van der Waals surface area contributed by atoms with Crippen LogP contribution in [0.1, 0.15) is 49.7 Å². The molecule has 0 spiro atoms. The molecule has 1 aliphatic heterocycles. The molecule has 2 aromatic rings. The molecule has 162 valence electrons. The molecule has 1 aliphatic carbocycles. The van der Waals surface area contributed by atoms with E-state index >= 15 is 0 Å². The predicted octanol–water partition coefficient (Wildman–Crippen LogP) is 2.71. The van der Waals surface area contributed by atoms with E-state index in [1.807, 2.05) is 0 Å². The summed E-state index contributed by atoms with van der Waals surface area (Å²) < 4.78 is 28.9. The number of benzene rings is 1. The van der Waals surface area contributed by atoms with Gasteiger partial charge in [0.05, 0.1) is 12.8 Å². The summed E-state index contributed by atoms with van der Waals surface area (Å²) in [6, 6.07) is 10.5. The number of carbonyl (C=O) groups is 1. The topological polar surface area (TPSA) is 104 Å². The van der Waals surface area contributed by atoms with E-state index in [9.17, 15) is 13.2 Å². The van der Waals surface area contributed by atoms with Gasteiger partial charge in [0.2, 0.25) is 5.91 Å². The lowest BCUT2D eigenvalue weighted by atomic mass is 9.95. The van der Waals surface area contributed by atoms with Crippen molar-refractivity contribution in [3.63, 3.8) is 0 Å². The first-order valence-electron chi connectivity index (χ1n) is 10.5. The Labute approximate surface area is 182 Å². The molecular formula is C22H25N5O3S. The predicted molar refractivity (Wildman–Crippen MR) is 118 cm³/mol. The first-order valence-corrected chi connectivity index (χ1v) is 11.9. The maximum atomic E-state index is 12.5. The van der Waals surface area contributed by atoms with E-state index in [2.05, 4.69) is 19.8 Å². The number of pyridine rings is 1. The molecule has 0 unspecified atom stereocenters. The second kappa shape index (κ2) is 9.38. The van der Waals surface area contributed by atoms with Crippen molar-refractivity contribution < 1.29 is 13.2 Å². The van der Waals surface area contributed by atoms with Crippen molar-refractivity contribution in [1.82, 2.24) is 15.3 Å². The Kier molecular flexibility index (Phi) is 6.41. The van der Waals surface area contributed by atoms with Gasteiger partial charge in [0, 0.05) is 30.4 Å². The molecule has 0 radical (unpaired) electrons. The van der Waals surface area contributed by atoms with Crippen LogP contribution in [0.2, 0.25) is 0 Å². The number of aromatic nitrogens is 1. The van der Waals surface area contributed by atoms with Crippen molar-refractivity contribution in [3.05, 3.63) is 59.9 Å². The number of rotatable bonds is 6. The summed E-state index contributed by atoms with van der Waals surface area (Å²) in [5.41, 5.74) is 1.29. The standard InChI is InChI=1S/C22H25N5O3S/c28-21(25-18-6-2-1-3-7-18)12-15-27(24-16-17-10-13-23-14-11-17)22-19-8-4-5-9-20(19)31(29,30)26-22/h4-5,8-11,13-14,16,18H,1-3,6-7,12,15H2,(H,25,28)/b24-16+. The van der Waals surface area contributed by atoms with Gasteiger partial charge >= 0.3 is 0 Å². The third-order valence-electron chi connectivity index (χ3n) is 5.43. The first kappa shape index (κ1) is 21.2. The number of amidine groups is 1. The number of hydrogen-bond donors (Lipinski definition) is 1. The zero-order chi connectivity index (χ0) is 21.7. The number of fused-ring (bicyclic) bond motifs is 1. The van der Waals surface area contributed by atoms with Gasteiger partial charge < -0.3 is 5.32 Å². The Bertz CT molecular complexity index is 1090. The summed E-state index contributed by atoms with van der Waals surface area (Å²) in [4.78, 5) is 16.7. The number of nitrogens with one attached hydrogen (secondary N) is 1. The molecule has 0 atom stereocenters. The van der Waals surface area contributed by atoms with Gasteiger partial charge in [-0.05, 0) is 42.7 Å². The Morgan fingerprint density at radius 2 is 1.87 bits per heavy atom. The third kappa shape index (κ3) is 5.16. The van der Waals surface area contributed by atoms with E-state index in [0.717, 1.165) is 31.2 Å². The van der Waals surface area contributed by atoms with Crippen LogP contribution in [0, 0.1) is 0 Å². The maximum Gasteiger partial charge on any atom is 0.285 e. The van der Waals surface area contributed by atoms with Crippen molar-refractivity contribution >= 4 is 28.0 Å². The maximum absolute atomic E-state index is 12.5. The van der Waals surface area contributed by atoms with Gasteiger partial charge in [-0.3, -0.25) is 9.78 Å². The molecular weight excluding hydrogens is 414 g/mol. The van der Waals surface area contributed by atoms with Crippen LogP contribution in [0.15, 0.2) is 63.2 Å². The number of carbonyl (C=O) groups excluding carboxylic acids is 1. The minimum absolute atomic E-state index is 0.0641. The summed E-state index contributed by atoms with van der Waals surface area (Å²) in [7, 11) is -3.78. The molecule has 1 aromatic heterocycles. The quantitative estimate of drug-likeness (QED) is 0.550. The van der Waals surface area contributed by atoms with Crippen molar-refractivity contribution in [2.75, 3.05) is 6.54 Å². The first-order chi connectivity index (χ1) is 15.0. The van der Waals surface area contributed by atoms with Crippen LogP contribution in [-0.4, -0.2) is 49.0 Å². The highest BCUT2D eigenvalue weighted by Crippen LogP contribution is 2.27. The van der Waals surface area contributed by atoms with Crippen LogP contribution in [0.4, 0.5) is 0 Å². The number of hydrazone groups is 1. The summed E-state index contributed by atoms with van der Waals surface area (Å²) in [5, 5.41) is 9.04. The Hall–Kier alpha value is -3.07. The number of sulfonamides is 1. The highest BCUT2D eigenvalue weighted by molar-refractivity contribution is 7.90. The Morgan fingerprint density at radius 3 is 2.65 bits per heavy atom. The van der Waals surface area contributed by atoms with Gasteiger partial charge in [-0.15, -0.1) is 4.40 Å². The minimum Gasteiger partial charge on any atom is -0.353 e. The van der Waals surface area contributed by atoms with Crippen LogP contribution < -0.4 is 5.32 Å². The molecule has 8 nitrogen and oxygen atoms in total. The molecule has 1 saturated carbocycles. The van der Waals surface area contributed by atoms with Gasteiger partial charge in [-0.25, -0.2) is 5.01 Å². The van der Waals surface area contributed by atoms with Crippen molar-refractivity contribution in [1.29, 1.82) is 0 Å². The molecule has 9 heteroatoms. The molecule has 1 amide bonds.